The fourth-order valence-electron chi connectivity index (χ4n) is 2.01. The molecule has 1 heterocycles. The fraction of sp³-hybridized carbons (Fsp3) is 0.471. The number of rotatable bonds is 9. The minimum atomic E-state index is -0.361. The molecule has 0 saturated heterocycles. The van der Waals surface area contributed by atoms with Gasteiger partial charge >= 0.3 is 0 Å². The molecular weight excluding hydrogens is 324 g/mol. The van der Waals surface area contributed by atoms with E-state index >= 15 is 0 Å². The topological polar surface area (TPSA) is 83.0 Å². The van der Waals surface area contributed by atoms with Crippen molar-refractivity contribution in [2.75, 3.05) is 0 Å². The molecule has 0 radical (unpaired) electrons. The quantitative estimate of drug-likeness (QED) is 0.705. The molecule has 0 aliphatic rings. The number of primary amides is 1. The summed E-state index contributed by atoms with van der Waals surface area (Å²) >= 11 is 1.33. The molecular formula is C17H24N4O2S. The Kier molecular flexibility index (Phi) is 6.66. The van der Waals surface area contributed by atoms with E-state index in [9.17, 15) is 4.79 Å². The number of para-hydroxylation sites is 1. The summed E-state index contributed by atoms with van der Waals surface area (Å²) in [7, 11) is 0. The lowest BCUT2D eigenvalue weighted by Crippen LogP contribution is -2.23. The number of benzene rings is 1. The van der Waals surface area contributed by atoms with E-state index in [4.69, 9.17) is 10.5 Å². The number of hydrogen-bond acceptors (Lipinski definition) is 5. The summed E-state index contributed by atoms with van der Waals surface area (Å²) in [6, 6.07) is 9.60. The molecule has 0 spiro atoms. The van der Waals surface area contributed by atoms with Crippen LogP contribution in [0.5, 0.6) is 5.75 Å². The van der Waals surface area contributed by atoms with Crippen molar-refractivity contribution in [3.8, 4) is 5.75 Å². The molecule has 0 bridgehead atoms. The predicted molar refractivity (Wildman–Crippen MR) is 94.8 cm³/mol. The highest BCUT2D eigenvalue weighted by Crippen LogP contribution is 2.23. The van der Waals surface area contributed by atoms with Crippen LogP contribution in [0.3, 0.4) is 0 Å². The molecule has 2 aromatic rings. The monoisotopic (exact) mass is 348 g/mol. The summed E-state index contributed by atoms with van der Waals surface area (Å²) in [4.78, 5) is 11.3. The maximum Gasteiger partial charge on any atom is 0.230 e. The Labute approximate surface area is 146 Å². The third-order valence-electron chi connectivity index (χ3n) is 3.52. The average molecular weight is 348 g/mol. The molecule has 0 unspecified atom stereocenters. The van der Waals surface area contributed by atoms with Gasteiger partial charge in [-0.25, -0.2) is 0 Å². The summed E-state index contributed by atoms with van der Waals surface area (Å²) in [6.07, 6.45) is 0.995. The lowest BCUT2D eigenvalue weighted by Gasteiger charge is -2.13. The third kappa shape index (κ3) is 5.26. The van der Waals surface area contributed by atoms with Gasteiger partial charge in [0.2, 0.25) is 5.91 Å². The standard InChI is InChI=1S/C17H24N4O2S/c1-12(2)9-10-21-15(11-23-14-7-5-4-6-8-14)19-20-17(21)24-13(3)16(18)22/h4-8,12-13H,9-11H2,1-3H3,(H2,18,22)/t13-/m0/s1. The van der Waals surface area contributed by atoms with E-state index in [1.54, 1.807) is 6.92 Å². The Morgan fingerprint density at radius 3 is 2.58 bits per heavy atom. The highest BCUT2D eigenvalue weighted by Gasteiger charge is 2.18. The highest BCUT2D eigenvalue weighted by molar-refractivity contribution is 8.00. The van der Waals surface area contributed by atoms with E-state index in [0.717, 1.165) is 24.5 Å². The van der Waals surface area contributed by atoms with Gasteiger partial charge in [0, 0.05) is 6.54 Å². The number of ether oxygens (including phenoxy) is 1. The van der Waals surface area contributed by atoms with Gasteiger partial charge in [-0.2, -0.15) is 0 Å². The maximum atomic E-state index is 11.3. The van der Waals surface area contributed by atoms with Crippen molar-refractivity contribution in [2.24, 2.45) is 11.7 Å². The molecule has 0 aliphatic heterocycles. The van der Waals surface area contributed by atoms with Crippen LogP contribution in [-0.4, -0.2) is 25.9 Å². The third-order valence-corrected chi connectivity index (χ3v) is 4.62. The first kappa shape index (κ1) is 18.3. The molecule has 2 rings (SSSR count). The van der Waals surface area contributed by atoms with E-state index < -0.39 is 0 Å². The van der Waals surface area contributed by atoms with E-state index in [1.165, 1.54) is 11.8 Å². The molecule has 24 heavy (non-hydrogen) atoms. The van der Waals surface area contributed by atoms with Crippen molar-refractivity contribution >= 4 is 17.7 Å². The van der Waals surface area contributed by atoms with E-state index in [0.29, 0.717) is 17.7 Å². The normalized spacial score (nSPS) is 12.3. The molecule has 6 nitrogen and oxygen atoms in total. The van der Waals surface area contributed by atoms with Gasteiger partial charge in [-0.05, 0) is 31.4 Å². The van der Waals surface area contributed by atoms with Crippen molar-refractivity contribution in [3.05, 3.63) is 36.2 Å². The van der Waals surface area contributed by atoms with Crippen LogP contribution >= 0.6 is 11.8 Å². The van der Waals surface area contributed by atoms with Gasteiger partial charge in [-0.15, -0.1) is 10.2 Å². The zero-order chi connectivity index (χ0) is 17.5. The smallest absolute Gasteiger partial charge is 0.230 e. The van der Waals surface area contributed by atoms with Crippen molar-refractivity contribution in [2.45, 2.75) is 50.8 Å². The van der Waals surface area contributed by atoms with Gasteiger partial charge in [-0.3, -0.25) is 4.79 Å². The first-order chi connectivity index (χ1) is 11.5. The van der Waals surface area contributed by atoms with Crippen LogP contribution in [0.4, 0.5) is 0 Å². The zero-order valence-corrected chi connectivity index (χ0v) is 15.1. The van der Waals surface area contributed by atoms with Crippen LogP contribution in [-0.2, 0) is 17.9 Å². The molecule has 1 aromatic heterocycles. The molecule has 0 saturated carbocycles. The van der Waals surface area contributed by atoms with Crippen molar-refractivity contribution in [1.82, 2.24) is 14.8 Å². The molecule has 0 fully saturated rings. The summed E-state index contributed by atoms with van der Waals surface area (Å²) < 4.78 is 7.80. The van der Waals surface area contributed by atoms with Crippen LogP contribution in [0.2, 0.25) is 0 Å². The molecule has 7 heteroatoms. The molecule has 0 aliphatic carbocycles. The second-order valence-corrected chi connectivity index (χ2v) is 7.31. The SMILES string of the molecule is CC(C)CCn1c(COc2ccccc2)nnc1S[C@@H](C)C(N)=O. The Balaban J connectivity index is 2.13. The van der Waals surface area contributed by atoms with Gasteiger partial charge in [-0.1, -0.05) is 43.8 Å². The number of thioether (sulfide) groups is 1. The van der Waals surface area contributed by atoms with Gasteiger partial charge < -0.3 is 15.0 Å². The summed E-state index contributed by atoms with van der Waals surface area (Å²) in [6.45, 7) is 7.23. The van der Waals surface area contributed by atoms with Crippen LogP contribution in [0, 0.1) is 5.92 Å². The summed E-state index contributed by atoms with van der Waals surface area (Å²) in [5.41, 5.74) is 5.36. The largest absolute Gasteiger partial charge is 0.486 e. The van der Waals surface area contributed by atoms with Crippen LogP contribution in [0.15, 0.2) is 35.5 Å². The minimum Gasteiger partial charge on any atom is -0.486 e. The maximum absolute atomic E-state index is 11.3. The van der Waals surface area contributed by atoms with Gasteiger partial charge in [0.05, 0.1) is 5.25 Å². The Bertz CT molecular complexity index is 658. The molecule has 1 atom stereocenters. The van der Waals surface area contributed by atoms with Crippen LogP contribution in [0.25, 0.3) is 0 Å². The van der Waals surface area contributed by atoms with E-state index in [2.05, 4.69) is 24.0 Å². The predicted octanol–water partition coefficient (Wildman–Crippen LogP) is 2.87. The van der Waals surface area contributed by atoms with Gasteiger partial charge in [0.1, 0.15) is 12.4 Å². The van der Waals surface area contributed by atoms with E-state index in [1.807, 2.05) is 34.9 Å². The minimum absolute atomic E-state index is 0.334. The fourth-order valence-corrected chi connectivity index (χ4v) is 2.85. The second kappa shape index (κ2) is 8.73. The lowest BCUT2D eigenvalue weighted by atomic mass is 10.1. The highest BCUT2D eigenvalue weighted by atomic mass is 32.2. The first-order valence-electron chi connectivity index (χ1n) is 8.03. The molecule has 2 N–H and O–H groups in total. The Morgan fingerprint density at radius 2 is 1.96 bits per heavy atom. The Hall–Kier alpha value is -2.02. The average Bonchev–Trinajstić information content (AvgIpc) is 2.93. The Morgan fingerprint density at radius 1 is 1.25 bits per heavy atom. The number of aromatic nitrogens is 3. The van der Waals surface area contributed by atoms with Crippen LogP contribution < -0.4 is 10.5 Å². The van der Waals surface area contributed by atoms with Crippen molar-refractivity contribution < 1.29 is 9.53 Å². The number of amides is 1. The van der Waals surface area contributed by atoms with E-state index in [-0.39, 0.29) is 11.2 Å². The van der Waals surface area contributed by atoms with Crippen molar-refractivity contribution in [1.29, 1.82) is 0 Å². The number of carbonyl (C=O) groups excluding carboxylic acids is 1. The van der Waals surface area contributed by atoms with Gasteiger partial charge in [0.15, 0.2) is 11.0 Å². The first-order valence-corrected chi connectivity index (χ1v) is 8.91. The summed E-state index contributed by atoms with van der Waals surface area (Å²) in [5, 5.41) is 8.80. The number of carbonyl (C=O) groups is 1. The number of nitrogens with two attached hydrogens (primary N) is 1. The van der Waals surface area contributed by atoms with Crippen molar-refractivity contribution in [3.63, 3.8) is 0 Å². The molecule has 1 aromatic carbocycles. The number of nitrogens with zero attached hydrogens (tertiary/aromatic N) is 3. The van der Waals surface area contributed by atoms with Gasteiger partial charge in [0.25, 0.3) is 0 Å². The zero-order valence-electron chi connectivity index (χ0n) is 14.3. The summed E-state index contributed by atoms with van der Waals surface area (Å²) in [5.74, 6) is 1.73. The molecule has 130 valence electrons. The second-order valence-electron chi connectivity index (χ2n) is 6.00. The lowest BCUT2D eigenvalue weighted by molar-refractivity contribution is -0.117. The van der Waals surface area contributed by atoms with Crippen LogP contribution in [0.1, 0.15) is 33.0 Å². The number of hydrogen-bond donors (Lipinski definition) is 1. The molecule has 1 amide bonds.